The number of rotatable bonds is 3. The topological polar surface area (TPSA) is 90.5 Å². The average Bonchev–Trinajstić information content (AvgIpc) is 2.92. The van der Waals surface area contributed by atoms with Gasteiger partial charge in [0, 0.05) is 24.0 Å². The van der Waals surface area contributed by atoms with E-state index >= 15 is 0 Å². The molecule has 1 amide bonds. The quantitative estimate of drug-likeness (QED) is 0.902. The first-order chi connectivity index (χ1) is 11.0. The molecule has 1 atom stereocenters. The summed E-state index contributed by atoms with van der Waals surface area (Å²) in [5.41, 5.74) is -0.0868. The zero-order valence-electron chi connectivity index (χ0n) is 12.2. The SMILES string of the molecule is O=C(O)CC1CCCN1C(=O)c1cc(=O)[nH]c2cc(F)ccc12. The molecule has 6 nitrogen and oxygen atoms in total. The normalized spacial score (nSPS) is 17.6. The maximum absolute atomic E-state index is 13.3. The number of carboxylic acid groups (broad SMARTS) is 1. The van der Waals surface area contributed by atoms with Crippen molar-refractivity contribution in [3.05, 3.63) is 46.0 Å². The number of carboxylic acids is 1. The van der Waals surface area contributed by atoms with Crippen LogP contribution >= 0.6 is 0 Å². The molecule has 1 aliphatic heterocycles. The number of pyridine rings is 1. The highest BCUT2D eigenvalue weighted by Crippen LogP contribution is 2.25. The van der Waals surface area contributed by atoms with Gasteiger partial charge in [-0.1, -0.05) is 0 Å². The minimum atomic E-state index is -0.965. The van der Waals surface area contributed by atoms with Gasteiger partial charge in [-0.2, -0.15) is 0 Å². The second-order valence-electron chi connectivity index (χ2n) is 5.63. The molecule has 2 heterocycles. The van der Waals surface area contributed by atoms with Gasteiger partial charge in [-0.3, -0.25) is 14.4 Å². The predicted molar refractivity (Wildman–Crippen MR) is 80.8 cm³/mol. The van der Waals surface area contributed by atoms with Gasteiger partial charge < -0.3 is 15.0 Å². The molecule has 7 heteroatoms. The number of hydrogen-bond donors (Lipinski definition) is 2. The van der Waals surface area contributed by atoms with Crippen LogP contribution in [0.1, 0.15) is 29.6 Å². The Bertz CT molecular complexity index is 846. The smallest absolute Gasteiger partial charge is 0.305 e. The van der Waals surface area contributed by atoms with Crippen LogP contribution in [-0.4, -0.2) is 39.5 Å². The fourth-order valence-electron chi connectivity index (χ4n) is 3.08. The molecule has 1 unspecified atom stereocenters. The molecule has 23 heavy (non-hydrogen) atoms. The Labute approximate surface area is 130 Å². The van der Waals surface area contributed by atoms with E-state index < -0.39 is 23.3 Å². The highest BCUT2D eigenvalue weighted by molar-refractivity contribution is 6.06. The lowest BCUT2D eigenvalue weighted by Crippen LogP contribution is -2.37. The first-order valence-electron chi connectivity index (χ1n) is 7.31. The van der Waals surface area contributed by atoms with Gasteiger partial charge >= 0.3 is 5.97 Å². The van der Waals surface area contributed by atoms with E-state index in [4.69, 9.17) is 5.11 Å². The van der Waals surface area contributed by atoms with Gasteiger partial charge in [-0.25, -0.2) is 4.39 Å². The number of halogens is 1. The van der Waals surface area contributed by atoms with E-state index in [2.05, 4.69) is 4.98 Å². The average molecular weight is 318 g/mol. The maximum Gasteiger partial charge on any atom is 0.305 e. The lowest BCUT2D eigenvalue weighted by atomic mass is 10.1. The van der Waals surface area contributed by atoms with E-state index in [-0.39, 0.29) is 23.5 Å². The molecule has 3 rings (SSSR count). The summed E-state index contributed by atoms with van der Waals surface area (Å²) in [6, 6.07) is 4.62. The number of carbonyl (C=O) groups excluding carboxylic acids is 1. The number of fused-ring (bicyclic) bond motifs is 1. The number of carbonyl (C=O) groups is 2. The third-order valence-corrected chi connectivity index (χ3v) is 4.08. The van der Waals surface area contributed by atoms with E-state index in [1.54, 1.807) is 0 Å². The number of hydrogen-bond acceptors (Lipinski definition) is 3. The summed E-state index contributed by atoms with van der Waals surface area (Å²) in [7, 11) is 0. The number of aliphatic carboxylic acids is 1. The zero-order valence-corrected chi connectivity index (χ0v) is 12.2. The third kappa shape index (κ3) is 2.94. The molecule has 0 saturated carbocycles. The van der Waals surface area contributed by atoms with Crippen molar-refractivity contribution < 1.29 is 19.1 Å². The third-order valence-electron chi connectivity index (χ3n) is 4.08. The number of nitrogens with zero attached hydrogens (tertiary/aromatic N) is 1. The molecular formula is C16H15FN2O4. The van der Waals surface area contributed by atoms with E-state index in [0.717, 1.165) is 12.5 Å². The van der Waals surface area contributed by atoms with Crippen molar-refractivity contribution in [2.24, 2.45) is 0 Å². The lowest BCUT2D eigenvalue weighted by molar-refractivity contribution is -0.137. The molecular weight excluding hydrogens is 303 g/mol. The summed E-state index contributed by atoms with van der Waals surface area (Å²) >= 11 is 0. The van der Waals surface area contributed by atoms with Crippen LogP contribution in [0.4, 0.5) is 4.39 Å². The molecule has 1 aromatic carbocycles. The minimum absolute atomic E-state index is 0.124. The van der Waals surface area contributed by atoms with Crippen molar-refractivity contribution in [3.63, 3.8) is 0 Å². The first kappa shape index (κ1) is 15.2. The van der Waals surface area contributed by atoms with Crippen LogP contribution in [0.15, 0.2) is 29.1 Å². The van der Waals surface area contributed by atoms with Gasteiger partial charge in [-0.05, 0) is 31.0 Å². The van der Waals surface area contributed by atoms with Gasteiger partial charge in [0.1, 0.15) is 5.82 Å². The molecule has 0 bridgehead atoms. The van der Waals surface area contributed by atoms with Crippen molar-refractivity contribution in [2.75, 3.05) is 6.54 Å². The van der Waals surface area contributed by atoms with E-state index in [0.29, 0.717) is 18.4 Å². The molecule has 2 aromatic rings. The fourth-order valence-corrected chi connectivity index (χ4v) is 3.08. The van der Waals surface area contributed by atoms with Crippen LogP contribution in [0, 0.1) is 5.82 Å². The maximum atomic E-state index is 13.3. The van der Waals surface area contributed by atoms with E-state index in [1.165, 1.54) is 23.1 Å². The molecule has 0 spiro atoms. The molecule has 0 radical (unpaired) electrons. The number of nitrogens with one attached hydrogen (secondary N) is 1. The molecule has 1 aromatic heterocycles. The Morgan fingerprint density at radius 3 is 2.87 bits per heavy atom. The Kier molecular flexibility index (Phi) is 3.85. The molecule has 0 aliphatic carbocycles. The highest BCUT2D eigenvalue weighted by atomic mass is 19.1. The molecule has 1 fully saturated rings. The van der Waals surface area contributed by atoms with Crippen molar-refractivity contribution in [1.82, 2.24) is 9.88 Å². The van der Waals surface area contributed by atoms with Crippen molar-refractivity contribution in [3.8, 4) is 0 Å². The lowest BCUT2D eigenvalue weighted by Gasteiger charge is -2.24. The van der Waals surface area contributed by atoms with Crippen LogP contribution in [0.3, 0.4) is 0 Å². The molecule has 2 N–H and O–H groups in total. The Morgan fingerprint density at radius 1 is 1.35 bits per heavy atom. The number of benzene rings is 1. The van der Waals surface area contributed by atoms with Gasteiger partial charge in [-0.15, -0.1) is 0 Å². The molecule has 1 saturated heterocycles. The highest BCUT2D eigenvalue weighted by Gasteiger charge is 2.31. The summed E-state index contributed by atoms with van der Waals surface area (Å²) in [6.07, 6.45) is 1.22. The van der Waals surface area contributed by atoms with E-state index in [9.17, 15) is 18.8 Å². The Hall–Kier alpha value is -2.70. The monoisotopic (exact) mass is 318 g/mol. The second-order valence-corrected chi connectivity index (χ2v) is 5.63. The minimum Gasteiger partial charge on any atom is -0.481 e. The fraction of sp³-hybridized carbons (Fsp3) is 0.312. The van der Waals surface area contributed by atoms with Crippen LogP contribution in [0.5, 0.6) is 0 Å². The molecule has 1 aliphatic rings. The summed E-state index contributed by atoms with van der Waals surface area (Å²) in [5.74, 6) is -1.87. The van der Waals surface area contributed by atoms with Crippen LogP contribution < -0.4 is 5.56 Å². The summed E-state index contributed by atoms with van der Waals surface area (Å²) in [6.45, 7) is 0.451. The van der Waals surface area contributed by atoms with Gasteiger partial charge in [0.2, 0.25) is 5.56 Å². The van der Waals surface area contributed by atoms with Crippen LogP contribution in [-0.2, 0) is 4.79 Å². The summed E-state index contributed by atoms with van der Waals surface area (Å²) in [4.78, 5) is 39.4. The molecule has 120 valence electrons. The zero-order chi connectivity index (χ0) is 16.6. The van der Waals surface area contributed by atoms with Gasteiger partial charge in [0.15, 0.2) is 0 Å². The number of amides is 1. The van der Waals surface area contributed by atoms with Gasteiger partial charge in [0.25, 0.3) is 5.91 Å². The standard InChI is InChI=1S/C16H15FN2O4/c17-9-3-4-11-12(8-14(20)18-13(11)6-9)16(23)19-5-1-2-10(19)7-15(21)22/h3-4,6,8,10H,1-2,5,7H2,(H,18,20)(H,21,22). The van der Waals surface area contributed by atoms with Crippen molar-refractivity contribution in [2.45, 2.75) is 25.3 Å². The number of aromatic amines is 1. The second kappa shape index (κ2) is 5.83. The van der Waals surface area contributed by atoms with E-state index in [1.807, 2.05) is 0 Å². The summed E-state index contributed by atoms with van der Waals surface area (Å²) in [5, 5.41) is 9.40. The predicted octanol–water partition coefficient (Wildman–Crippen LogP) is 1.75. The largest absolute Gasteiger partial charge is 0.481 e. The Morgan fingerprint density at radius 2 is 2.13 bits per heavy atom. The van der Waals surface area contributed by atoms with Gasteiger partial charge in [0.05, 0.1) is 17.5 Å². The van der Waals surface area contributed by atoms with Crippen LogP contribution in [0.2, 0.25) is 0 Å². The van der Waals surface area contributed by atoms with Crippen molar-refractivity contribution >= 4 is 22.8 Å². The summed E-state index contributed by atoms with van der Waals surface area (Å²) < 4.78 is 13.3. The van der Waals surface area contributed by atoms with Crippen molar-refractivity contribution in [1.29, 1.82) is 0 Å². The first-order valence-corrected chi connectivity index (χ1v) is 7.31. The van der Waals surface area contributed by atoms with Crippen LogP contribution in [0.25, 0.3) is 10.9 Å². The Balaban J connectivity index is 2.04. The number of aromatic nitrogens is 1. The number of likely N-dealkylation sites (tertiary alicyclic amines) is 1. The number of H-pyrrole nitrogens is 1.